The molecule has 1 aliphatic rings. The second-order valence-electron chi connectivity index (χ2n) is 7.52. The normalized spacial score (nSPS) is 13.1. The van der Waals surface area contributed by atoms with Crippen LogP contribution in [-0.2, 0) is 13.2 Å². The van der Waals surface area contributed by atoms with Gasteiger partial charge in [-0.1, -0.05) is 12.1 Å². The van der Waals surface area contributed by atoms with E-state index in [-0.39, 0.29) is 24.8 Å². The number of rotatable bonds is 9. The van der Waals surface area contributed by atoms with Gasteiger partial charge in [0.2, 0.25) is 0 Å². The van der Waals surface area contributed by atoms with Crippen LogP contribution in [0.3, 0.4) is 0 Å². The summed E-state index contributed by atoms with van der Waals surface area (Å²) < 4.78 is 24.8. The third-order valence-corrected chi connectivity index (χ3v) is 5.24. The molecule has 0 radical (unpaired) electrons. The SMILES string of the molecule is COc1ccc(CNC(=O)c2cc(-c3c[nH]nc3CO)ccc2OCC2CC2)cc1F. The standard InChI is InChI=1S/C23H24FN3O4/c1-30-22-6-4-15(8-19(22)24)10-25-23(29)17-9-16(18-11-26-27-20(18)12-28)5-7-21(17)31-13-14-2-3-14/h4-9,11,14,28H,2-3,10,12-13H2,1H3,(H,25,29)(H,26,27). The zero-order valence-corrected chi connectivity index (χ0v) is 17.2. The number of benzene rings is 2. The van der Waals surface area contributed by atoms with E-state index in [0.717, 1.165) is 18.4 Å². The lowest BCUT2D eigenvalue weighted by atomic mass is 10.0. The van der Waals surface area contributed by atoms with E-state index in [1.165, 1.54) is 19.2 Å². The topological polar surface area (TPSA) is 96.5 Å². The van der Waals surface area contributed by atoms with Crippen molar-refractivity contribution in [3.05, 3.63) is 65.2 Å². The number of hydrogen-bond acceptors (Lipinski definition) is 5. The molecular formula is C23H24FN3O4. The molecular weight excluding hydrogens is 401 g/mol. The Labute approximate surface area is 179 Å². The number of aliphatic hydroxyl groups is 1. The van der Waals surface area contributed by atoms with Gasteiger partial charge in [-0.15, -0.1) is 0 Å². The summed E-state index contributed by atoms with van der Waals surface area (Å²) >= 11 is 0. The van der Waals surface area contributed by atoms with Crippen LogP contribution in [0, 0.1) is 11.7 Å². The van der Waals surface area contributed by atoms with E-state index in [2.05, 4.69) is 15.5 Å². The van der Waals surface area contributed by atoms with Crippen molar-refractivity contribution in [1.82, 2.24) is 15.5 Å². The fourth-order valence-electron chi connectivity index (χ4n) is 3.28. The number of H-pyrrole nitrogens is 1. The first-order valence-corrected chi connectivity index (χ1v) is 10.1. The summed E-state index contributed by atoms with van der Waals surface area (Å²) in [5.74, 6) is 0.355. The van der Waals surface area contributed by atoms with Gasteiger partial charge in [0.1, 0.15) is 5.75 Å². The van der Waals surface area contributed by atoms with Crippen LogP contribution in [0.2, 0.25) is 0 Å². The van der Waals surface area contributed by atoms with Gasteiger partial charge in [0.25, 0.3) is 5.91 Å². The predicted octanol–water partition coefficient (Wildman–Crippen LogP) is 3.44. The van der Waals surface area contributed by atoms with E-state index in [9.17, 15) is 14.3 Å². The quantitative estimate of drug-likeness (QED) is 0.488. The van der Waals surface area contributed by atoms with E-state index >= 15 is 0 Å². The first-order chi connectivity index (χ1) is 15.1. The van der Waals surface area contributed by atoms with Gasteiger partial charge in [-0.2, -0.15) is 5.10 Å². The molecule has 0 bridgehead atoms. The van der Waals surface area contributed by atoms with Crippen LogP contribution in [0.25, 0.3) is 11.1 Å². The lowest BCUT2D eigenvalue weighted by Crippen LogP contribution is -2.24. The number of methoxy groups -OCH3 is 1. The third-order valence-electron chi connectivity index (χ3n) is 5.24. The molecule has 1 aromatic heterocycles. The molecule has 8 heteroatoms. The molecule has 7 nitrogen and oxygen atoms in total. The molecule has 3 aromatic rings. The average Bonchev–Trinajstić information content (AvgIpc) is 3.50. The number of aromatic nitrogens is 2. The Morgan fingerprint density at radius 2 is 2.06 bits per heavy atom. The maximum atomic E-state index is 13.9. The first kappa shape index (κ1) is 20.9. The Hall–Kier alpha value is -3.39. The van der Waals surface area contributed by atoms with Crippen molar-refractivity contribution in [2.45, 2.75) is 26.0 Å². The molecule has 162 valence electrons. The minimum absolute atomic E-state index is 0.151. The summed E-state index contributed by atoms with van der Waals surface area (Å²) in [6, 6.07) is 9.87. The van der Waals surface area contributed by atoms with Gasteiger partial charge < -0.3 is 19.9 Å². The molecule has 0 unspecified atom stereocenters. The van der Waals surface area contributed by atoms with Crippen LogP contribution in [0.5, 0.6) is 11.5 Å². The Kier molecular flexibility index (Phi) is 6.18. The highest BCUT2D eigenvalue weighted by atomic mass is 19.1. The summed E-state index contributed by atoms with van der Waals surface area (Å²) in [5.41, 5.74) is 2.92. The highest BCUT2D eigenvalue weighted by Crippen LogP contribution is 2.32. The molecule has 3 N–H and O–H groups in total. The van der Waals surface area contributed by atoms with E-state index < -0.39 is 5.82 Å². The van der Waals surface area contributed by atoms with Crippen molar-refractivity contribution in [2.75, 3.05) is 13.7 Å². The summed E-state index contributed by atoms with van der Waals surface area (Å²) in [6.07, 6.45) is 3.95. The molecule has 0 aliphatic heterocycles. The van der Waals surface area contributed by atoms with Gasteiger partial charge in [-0.05, 0) is 54.2 Å². The largest absolute Gasteiger partial charge is 0.494 e. The summed E-state index contributed by atoms with van der Waals surface area (Å²) in [4.78, 5) is 13.0. The Bertz CT molecular complexity index is 1080. The molecule has 1 heterocycles. The van der Waals surface area contributed by atoms with Crippen molar-refractivity contribution < 1.29 is 23.8 Å². The van der Waals surface area contributed by atoms with Crippen LogP contribution in [0.4, 0.5) is 4.39 Å². The molecule has 1 saturated carbocycles. The van der Waals surface area contributed by atoms with Gasteiger partial charge in [0.05, 0.1) is 31.6 Å². The number of ether oxygens (including phenoxy) is 2. The van der Waals surface area contributed by atoms with Crippen LogP contribution in [0.15, 0.2) is 42.6 Å². The Morgan fingerprint density at radius 1 is 1.26 bits per heavy atom. The zero-order chi connectivity index (χ0) is 21.8. The number of carbonyl (C=O) groups is 1. The second kappa shape index (κ2) is 9.18. The molecule has 31 heavy (non-hydrogen) atoms. The highest BCUT2D eigenvalue weighted by molar-refractivity contribution is 5.98. The number of nitrogens with one attached hydrogen (secondary N) is 2. The van der Waals surface area contributed by atoms with Gasteiger partial charge in [0, 0.05) is 18.3 Å². The van der Waals surface area contributed by atoms with Gasteiger partial charge >= 0.3 is 0 Å². The van der Waals surface area contributed by atoms with Crippen molar-refractivity contribution in [1.29, 1.82) is 0 Å². The molecule has 0 saturated heterocycles. The van der Waals surface area contributed by atoms with E-state index in [1.54, 1.807) is 24.4 Å². The first-order valence-electron chi connectivity index (χ1n) is 10.1. The summed E-state index contributed by atoms with van der Waals surface area (Å²) in [5, 5.41) is 19.1. The number of aliphatic hydroxyl groups excluding tert-OH is 1. The Balaban J connectivity index is 1.56. The smallest absolute Gasteiger partial charge is 0.255 e. The molecule has 1 aliphatic carbocycles. The highest BCUT2D eigenvalue weighted by Gasteiger charge is 2.23. The number of halogens is 1. The minimum Gasteiger partial charge on any atom is -0.494 e. The third kappa shape index (κ3) is 4.86. The molecule has 0 spiro atoms. The molecule has 2 aromatic carbocycles. The predicted molar refractivity (Wildman–Crippen MR) is 112 cm³/mol. The fraction of sp³-hybridized carbons (Fsp3) is 0.304. The van der Waals surface area contributed by atoms with Gasteiger partial charge in [-0.3, -0.25) is 9.89 Å². The monoisotopic (exact) mass is 425 g/mol. The van der Waals surface area contributed by atoms with Crippen molar-refractivity contribution in [3.63, 3.8) is 0 Å². The summed E-state index contributed by atoms with van der Waals surface area (Å²) in [7, 11) is 1.40. The van der Waals surface area contributed by atoms with Crippen molar-refractivity contribution in [2.24, 2.45) is 5.92 Å². The van der Waals surface area contributed by atoms with Crippen molar-refractivity contribution >= 4 is 5.91 Å². The van der Waals surface area contributed by atoms with Crippen molar-refractivity contribution in [3.8, 4) is 22.6 Å². The van der Waals surface area contributed by atoms with E-state index in [1.807, 2.05) is 6.07 Å². The van der Waals surface area contributed by atoms with Gasteiger partial charge in [0.15, 0.2) is 11.6 Å². The fourth-order valence-corrected chi connectivity index (χ4v) is 3.28. The lowest BCUT2D eigenvalue weighted by molar-refractivity contribution is 0.0946. The van der Waals surface area contributed by atoms with Crippen LogP contribution in [-0.4, -0.2) is 34.9 Å². The zero-order valence-electron chi connectivity index (χ0n) is 17.2. The van der Waals surface area contributed by atoms with Gasteiger partial charge in [-0.25, -0.2) is 4.39 Å². The van der Waals surface area contributed by atoms with Crippen LogP contribution < -0.4 is 14.8 Å². The number of aromatic amines is 1. The number of nitrogens with zero attached hydrogens (tertiary/aromatic N) is 1. The van der Waals surface area contributed by atoms with E-state index in [4.69, 9.17) is 9.47 Å². The molecule has 1 fully saturated rings. The molecule has 4 rings (SSSR count). The average molecular weight is 425 g/mol. The second-order valence-corrected chi connectivity index (χ2v) is 7.52. The number of carbonyl (C=O) groups excluding carboxylic acids is 1. The summed E-state index contributed by atoms with van der Waals surface area (Å²) in [6.45, 7) is 0.500. The number of hydrogen-bond donors (Lipinski definition) is 3. The molecule has 1 amide bonds. The van der Waals surface area contributed by atoms with E-state index in [0.29, 0.717) is 40.7 Å². The van der Waals surface area contributed by atoms with Crippen LogP contribution >= 0.6 is 0 Å². The maximum absolute atomic E-state index is 13.9. The Morgan fingerprint density at radius 3 is 2.77 bits per heavy atom. The van der Waals surface area contributed by atoms with Crippen LogP contribution in [0.1, 0.15) is 34.5 Å². The molecule has 0 atom stereocenters. The lowest BCUT2D eigenvalue weighted by Gasteiger charge is -2.14. The maximum Gasteiger partial charge on any atom is 0.255 e. The minimum atomic E-state index is -0.485. The number of amides is 1.